The molecule has 22 heavy (non-hydrogen) atoms. The van der Waals surface area contributed by atoms with Crippen LogP contribution in [0.3, 0.4) is 0 Å². The molecule has 2 rings (SSSR count). The molecule has 7 nitrogen and oxygen atoms in total. The van der Waals surface area contributed by atoms with Crippen LogP contribution in [0.2, 0.25) is 0 Å². The van der Waals surface area contributed by atoms with Gasteiger partial charge in [-0.1, -0.05) is 19.9 Å². The number of H-pyrrole nitrogens is 1. The molecule has 0 radical (unpaired) electrons. The van der Waals surface area contributed by atoms with Gasteiger partial charge >= 0.3 is 0 Å². The van der Waals surface area contributed by atoms with Gasteiger partial charge in [-0.05, 0) is 18.1 Å². The third-order valence-corrected chi connectivity index (χ3v) is 4.54. The second kappa shape index (κ2) is 6.27. The number of anilines is 1. The summed E-state index contributed by atoms with van der Waals surface area (Å²) in [4.78, 5) is 0.00487. The number of benzene rings is 1. The maximum atomic E-state index is 12.6. The van der Waals surface area contributed by atoms with Gasteiger partial charge < -0.3 is 9.47 Å². The van der Waals surface area contributed by atoms with Crippen LogP contribution in [-0.4, -0.2) is 32.8 Å². The second-order valence-electron chi connectivity index (χ2n) is 4.95. The van der Waals surface area contributed by atoms with Crippen LogP contribution in [0.25, 0.3) is 0 Å². The molecule has 0 unspecified atom stereocenters. The first-order chi connectivity index (χ1) is 10.4. The number of hydrogen-bond donors (Lipinski definition) is 2. The predicted octanol–water partition coefficient (Wildman–Crippen LogP) is 2.35. The normalized spacial score (nSPS) is 11.5. The first-order valence-corrected chi connectivity index (χ1v) is 8.16. The minimum atomic E-state index is -3.83. The molecular weight excluding hydrogens is 306 g/mol. The minimum Gasteiger partial charge on any atom is -0.493 e. The summed E-state index contributed by atoms with van der Waals surface area (Å²) in [5, 5.41) is 6.69. The van der Waals surface area contributed by atoms with Crippen LogP contribution in [0.1, 0.15) is 25.5 Å². The molecule has 8 heteroatoms. The van der Waals surface area contributed by atoms with E-state index < -0.39 is 10.0 Å². The molecule has 1 heterocycles. The molecule has 0 aliphatic heterocycles. The Bertz CT molecular complexity index is 753. The second-order valence-corrected chi connectivity index (χ2v) is 6.60. The van der Waals surface area contributed by atoms with Gasteiger partial charge in [0.05, 0.1) is 31.8 Å². The van der Waals surface area contributed by atoms with Crippen molar-refractivity contribution in [3.8, 4) is 11.5 Å². The Kier molecular flexibility index (Phi) is 4.60. The topological polar surface area (TPSA) is 93.3 Å². The summed E-state index contributed by atoms with van der Waals surface area (Å²) in [6, 6.07) is 4.68. The number of ether oxygens (including phenoxy) is 2. The monoisotopic (exact) mass is 325 g/mol. The lowest BCUT2D eigenvalue weighted by Crippen LogP contribution is -2.15. The highest BCUT2D eigenvalue weighted by molar-refractivity contribution is 7.92. The predicted molar refractivity (Wildman–Crippen MR) is 83.0 cm³/mol. The molecule has 120 valence electrons. The van der Waals surface area contributed by atoms with Crippen LogP contribution in [-0.2, 0) is 10.0 Å². The zero-order chi connectivity index (χ0) is 16.3. The molecular formula is C14H19N3O4S. The van der Waals surface area contributed by atoms with Gasteiger partial charge in [0.1, 0.15) is 4.90 Å². The van der Waals surface area contributed by atoms with Gasteiger partial charge in [0.15, 0.2) is 11.5 Å². The SMILES string of the molecule is COc1cccc(S(=O)(=O)Nc2cn[nH]c2C(C)C)c1OC. The maximum absolute atomic E-state index is 12.6. The van der Waals surface area contributed by atoms with E-state index in [0.717, 1.165) is 0 Å². The molecule has 1 aromatic heterocycles. The Balaban J connectivity index is 2.45. The van der Waals surface area contributed by atoms with E-state index in [2.05, 4.69) is 14.9 Å². The van der Waals surface area contributed by atoms with E-state index in [4.69, 9.17) is 9.47 Å². The smallest absolute Gasteiger partial charge is 0.265 e. The van der Waals surface area contributed by atoms with Crippen molar-refractivity contribution in [3.05, 3.63) is 30.1 Å². The third kappa shape index (κ3) is 3.01. The third-order valence-electron chi connectivity index (χ3n) is 3.15. The number of hydrogen-bond acceptors (Lipinski definition) is 5. The highest BCUT2D eigenvalue weighted by Gasteiger charge is 2.24. The molecule has 0 saturated heterocycles. The molecule has 0 atom stereocenters. The molecule has 0 aliphatic carbocycles. The first-order valence-electron chi connectivity index (χ1n) is 6.67. The minimum absolute atomic E-state index is 0.00487. The van der Waals surface area contributed by atoms with Gasteiger partial charge in [-0.15, -0.1) is 0 Å². The van der Waals surface area contributed by atoms with Gasteiger partial charge in [0, 0.05) is 0 Å². The van der Waals surface area contributed by atoms with Gasteiger partial charge in [-0.25, -0.2) is 8.42 Å². The van der Waals surface area contributed by atoms with E-state index in [-0.39, 0.29) is 16.6 Å². The van der Waals surface area contributed by atoms with E-state index in [0.29, 0.717) is 17.1 Å². The number of methoxy groups -OCH3 is 2. The standard InChI is InChI=1S/C14H19N3O4S/c1-9(2)13-10(8-15-16-13)17-22(18,19)12-7-5-6-11(20-3)14(12)21-4/h5-9,17H,1-4H3,(H,15,16). The van der Waals surface area contributed by atoms with Crippen LogP contribution in [0, 0.1) is 0 Å². The average Bonchev–Trinajstić information content (AvgIpc) is 2.93. The van der Waals surface area contributed by atoms with E-state index >= 15 is 0 Å². The van der Waals surface area contributed by atoms with Crippen molar-refractivity contribution in [1.82, 2.24) is 10.2 Å². The van der Waals surface area contributed by atoms with Crippen LogP contribution in [0.15, 0.2) is 29.3 Å². The number of para-hydroxylation sites is 1. The van der Waals surface area contributed by atoms with Gasteiger partial charge in [-0.3, -0.25) is 9.82 Å². The molecule has 0 bridgehead atoms. The molecule has 0 spiro atoms. The fourth-order valence-electron chi connectivity index (χ4n) is 2.09. The fraction of sp³-hybridized carbons (Fsp3) is 0.357. The van der Waals surface area contributed by atoms with Crippen molar-refractivity contribution < 1.29 is 17.9 Å². The summed E-state index contributed by atoms with van der Waals surface area (Å²) >= 11 is 0. The summed E-state index contributed by atoms with van der Waals surface area (Å²) < 4.78 is 38.1. The summed E-state index contributed by atoms with van der Waals surface area (Å²) in [6.45, 7) is 3.88. The Labute approximate surface area is 129 Å². The molecule has 0 saturated carbocycles. The maximum Gasteiger partial charge on any atom is 0.265 e. The zero-order valence-electron chi connectivity index (χ0n) is 12.9. The Morgan fingerprint density at radius 3 is 2.55 bits per heavy atom. The van der Waals surface area contributed by atoms with Crippen molar-refractivity contribution in [3.63, 3.8) is 0 Å². The Morgan fingerprint density at radius 1 is 1.23 bits per heavy atom. The average molecular weight is 325 g/mol. The number of sulfonamides is 1. The van der Waals surface area contributed by atoms with Crippen molar-refractivity contribution in [2.45, 2.75) is 24.7 Å². The summed E-state index contributed by atoms with van der Waals surface area (Å²) in [6.07, 6.45) is 1.44. The van der Waals surface area contributed by atoms with E-state index in [1.165, 1.54) is 26.5 Å². The number of aromatic amines is 1. The fourth-order valence-corrected chi connectivity index (χ4v) is 3.33. The lowest BCUT2D eigenvalue weighted by Gasteiger charge is -2.14. The number of nitrogens with zero attached hydrogens (tertiary/aromatic N) is 1. The molecule has 2 N–H and O–H groups in total. The van der Waals surface area contributed by atoms with Crippen LogP contribution < -0.4 is 14.2 Å². The zero-order valence-corrected chi connectivity index (χ0v) is 13.7. The van der Waals surface area contributed by atoms with Crippen molar-refractivity contribution in [2.75, 3.05) is 18.9 Å². The summed E-state index contributed by atoms with van der Waals surface area (Å²) in [7, 11) is -0.980. The summed E-state index contributed by atoms with van der Waals surface area (Å²) in [5.41, 5.74) is 1.13. The molecule has 0 amide bonds. The lowest BCUT2D eigenvalue weighted by atomic mass is 10.1. The van der Waals surface area contributed by atoms with Crippen LogP contribution in [0.4, 0.5) is 5.69 Å². The van der Waals surface area contributed by atoms with E-state index in [9.17, 15) is 8.42 Å². The van der Waals surface area contributed by atoms with E-state index in [1.807, 2.05) is 13.8 Å². The highest BCUT2D eigenvalue weighted by atomic mass is 32.2. The Hall–Kier alpha value is -2.22. The van der Waals surface area contributed by atoms with E-state index in [1.54, 1.807) is 12.1 Å². The van der Waals surface area contributed by atoms with Crippen LogP contribution >= 0.6 is 0 Å². The Morgan fingerprint density at radius 2 is 1.95 bits per heavy atom. The van der Waals surface area contributed by atoms with Gasteiger partial charge in [0.2, 0.25) is 0 Å². The molecule has 2 aromatic rings. The van der Waals surface area contributed by atoms with Crippen molar-refractivity contribution >= 4 is 15.7 Å². The van der Waals surface area contributed by atoms with Crippen molar-refractivity contribution in [2.24, 2.45) is 0 Å². The van der Waals surface area contributed by atoms with Gasteiger partial charge in [0.25, 0.3) is 10.0 Å². The highest BCUT2D eigenvalue weighted by Crippen LogP contribution is 2.35. The number of nitrogens with one attached hydrogen (secondary N) is 2. The van der Waals surface area contributed by atoms with Crippen LogP contribution in [0.5, 0.6) is 11.5 Å². The van der Waals surface area contributed by atoms with Gasteiger partial charge in [-0.2, -0.15) is 5.10 Å². The number of aromatic nitrogens is 2. The lowest BCUT2D eigenvalue weighted by molar-refractivity contribution is 0.347. The molecule has 1 aromatic carbocycles. The molecule has 0 fully saturated rings. The van der Waals surface area contributed by atoms with Crippen molar-refractivity contribution in [1.29, 1.82) is 0 Å². The summed E-state index contributed by atoms with van der Waals surface area (Å²) in [5.74, 6) is 0.612. The largest absolute Gasteiger partial charge is 0.493 e. The quantitative estimate of drug-likeness (QED) is 0.850. The first kappa shape index (κ1) is 16.2. The molecule has 0 aliphatic rings. The number of rotatable bonds is 6.